The van der Waals surface area contributed by atoms with Crippen LogP contribution in [0.5, 0.6) is 0 Å². The molecular weight excluding hydrogens is 578 g/mol. The van der Waals surface area contributed by atoms with Crippen LogP contribution in [0.15, 0.2) is 59.8 Å². The maximum atomic E-state index is 13.8. The molecule has 0 aliphatic carbocycles. The lowest BCUT2D eigenvalue weighted by atomic mass is 9.89. The summed E-state index contributed by atoms with van der Waals surface area (Å²) in [4.78, 5) is 19.8. The molecule has 1 amide bonds. The lowest BCUT2D eigenvalue weighted by Crippen LogP contribution is -2.38. The third-order valence-corrected chi connectivity index (χ3v) is 8.88. The molecule has 2 N–H and O–H groups in total. The molecule has 40 heavy (non-hydrogen) atoms. The Kier molecular flexibility index (Phi) is 8.27. The fourth-order valence-corrected chi connectivity index (χ4v) is 6.26. The van der Waals surface area contributed by atoms with E-state index in [1.807, 2.05) is 6.92 Å². The number of benzene rings is 2. The van der Waals surface area contributed by atoms with E-state index in [4.69, 9.17) is 23.2 Å². The van der Waals surface area contributed by atoms with Gasteiger partial charge in [-0.1, -0.05) is 42.3 Å². The molecule has 1 fully saturated rings. The van der Waals surface area contributed by atoms with Gasteiger partial charge in [-0.05, 0) is 61.1 Å². The molecular formula is C27H27Cl2FN6O3S. The van der Waals surface area contributed by atoms with E-state index in [1.54, 1.807) is 35.2 Å². The number of fused-ring (bicyclic) bond motifs is 1. The van der Waals surface area contributed by atoms with Gasteiger partial charge < -0.3 is 10.2 Å². The van der Waals surface area contributed by atoms with Crippen molar-refractivity contribution in [2.24, 2.45) is 0 Å². The Labute approximate surface area is 241 Å². The predicted molar refractivity (Wildman–Crippen MR) is 152 cm³/mol. The number of sulfonamides is 1. The number of aromatic nitrogens is 3. The van der Waals surface area contributed by atoms with Gasteiger partial charge in [0.2, 0.25) is 10.0 Å². The van der Waals surface area contributed by atoms with Gasteiger partial charge in [-0.25, -0.2) is 22.5 Å². The Bertz CT molecular complexity index is 1660. The molecule has 0 bridgehead atoms. The second-order valence-corrected chi connectivity index (χ2v) is 12.1. The number of amides is 1. The van der Waals surface area contributed by atoms with Crippen molar-refractivity contribution < 1.29 is 17.6 Å². The van der Waals surface area contributed by atoms with Gasteiger partial charge >= 0.3 is 0 Å². The van der Waals surface area contributed by atoms with E-state index in [-0.39, 0.29) is 46.1 Å². The van der Waals surface area contributed by atoms with Crippen LogP contribution < -0.4 is 10.0 Å². The van der Waals surface area contributed by atoms with E-state index in [0.717, 1.165) is 5.56 Å². The number of rotatable bonds is 8. The maximum Gasteiger partial charge on any atom is 0.259 e. The van der Waals surface area contributed by atoms with Crippen LogP contribution in [0.4, 0.5) is 15.9 Å². The average Bonchev–Trinajstić information content (AvgIpc) is 3.40. The minimum atomic E-state index is -3.89. The van der Waals surface area contributed by atoms with Gasteiger partial charge in [0.1, 0.15) is 22.1 Å². The molecule has 2 aromatic carbocycles. The molecule has 0 spiro atoms. The van der Waals surface area contributed by atoms with E-state index in [1.165, 1.54) is 29.0 Å². The van der Waals surface area contributed by atoms with Gasteiger partial charge in [0.05, 0.1) is 16.9 Å². The van der Waals surface area contributed by atoms with Crippen molar-refractivity contribution in [3.63, 3.8) is 0 Å². The monoisotopic (exact) mass is 604 g/mol. The molecule has 4 aromatic rings. The fraction of sp³-hybridized carbons (Fsp3) is 0.296. The largest absolute Gasteiger partial charge is 0.338 e. The fourth-order valence-electron chi connectivity index (χ4n) is 4.73. The van der Waals surface area contributed by atoms with Crippen LogP contribution in [0.2, 0.25) is 10.0 Å². The molecule has 210 valence electrons. The summed E-state index contributed by atoms with van der Waals surface area (Å²) in [5.41, 5.74) is 1.69. The number of nitrogens with zero attached hydrogens (tertiary/aromatic N) is 4. The first-order chi connectivity index (χ1) is 19.2. The predicted octanol–water partition coefficient (Wildman–Crippen LogP) is 5.63. The first-order valence-electron chi connectivity index (χ1n) is 12.8. The van der Waals surface area contributed by atoms with Gasteiger partial charge in [-0.2, -0.15) is 9.61 Å². The standard InChI is InChI=1S/C27H27Cl2FN6O3S/c1-2-11-33-40(38,39)24-16-32-36-25(34-23-14-19(28)5-8-22(23)29)21(15-31-26(24)36)27(37)35-12-9-18(10-13-35)17-3-6-20(30)7-4-17/h3-8,14-16,18,33-34H,2,9-13H2,1H3. The maximum absolute atomic E-state index is 13.8. The Morgan fingerprint density at radius 1 is 1.10 bits per heavy atom. The van der Waals surface area contributed by atoms with Crippen molar-refractivity contribution in [1.29, 1.82) is 0 Å². The number of carbonyl (C=O) groups is 1. The lowest BCUT2D eigenvalue weighted by Gasteiger charge is -2.32. The number of carbonyl (C=O) groups excluding carboxylic acids is 1. The van der Waals surface area contributed by atoms with Crippen LogP contribution in [0.3, 0.4) is 0 Å². The van der Waals surface area contributed by atoms with Gasteiger partial charge in [0.15, 0.2) is 5.65 Å². The number of nitrogens with one attached hydrogen (secondary N) is 2. The van der Waals surface area contributed by atoms with Crippen molar-refractivity contribution in [3.8, 4) is 0 Å². The van der Waals surface area contributed by atoms with Crippen LogP contribution in [0.1, 0.15) is 48.0 Å². The van der Waals surface area contributed by atoms with E-state index in [2.05, 4.69) is 20.1 Å². The SMILES string of the molecule is CCCNS(=O)(=O)c1cnn2c(Nc3cc(Cl)ccc3Cl)c(C(=O)N3CCC(c4ccc(F)cc4)CC3)cnc12. The van der Waals surface area contributed by atoms with Gasteiger partial charge in [0, 0.05) is 30.9 Å². The highest BCUT2D eigenvalue weighted by Gasteiger charge is 2.29. The smallest absolute Gasteiger partial charge is 0.259 e. The molecule has 1 saturated heterocycles. The van der Waals surface area contributed by atoms with Gasteiger partial charge in [-0.15, -0.1) is 0 Å². The summed E-state index contributed by atoms with van der Waals surface area (Å²) in [6.45, 7) is 3.08. The molecule has 2 aromatic heterocycles. The molecule has 1 aliphatic rings. The molecule has 0 saturated carbocycles. The zero-order chi connectivity index (χ0) is 28.4. The van der Waals surface area contributed by atoms with Crippen molar-refractivity contribution in [3.05, 3.63) is 81.8 Å². The Morgan fingerprint density at radius 2 is 1.82 bits per heavy atom. The van der Waals surface area contributed by atoms with Crippen molar-refractivity contribution in [2.45, 2.75) is 37.0 Å². The average molecular weight is 606 g/mol. The highest BCUT2D eigenvalue weighted by atomic mass is 35.5. The molecule has 0 atom stereocenters. The third-order valence-electron chi connectivity index (χ3n) is 6.86. The first-order valence-corrected chi connectivity index (χ1v) is 15.0. The van der Waals surface area contributed by atoms with Crippen LogP contribution >= 0.6 is 23.2 Å². The van der Waals surface area contributed by atoms with E-state index < -0.39 is 10.0 Å². The third kappa shape index (κ3) is 5.78. The molecule has 0 unspecified atom stereocenters. The number of halogens is 3. The summed E-state index contributed by atoms with van der Waals surface area (Å²) in [5, 5.41) is 8.18. The van der Waals surface area contributed by atoms with Crippen molar-refractivity contribution in [2.75, 3.05) is 25.0 Å². The van der Waals surface area contributed by atoms with Crippen LogP contribution in [0.25, 0.3) is 5.65 Å². The second-order valence-electron chi connectivity index (χ2n) is 9.53. The highest BCUT2D eigenvalue weighted by Crippen LogP contribution is 2.33. The highest BCUT2D eigenvalue weighted by molar-refractivity contribution is 7.89. The van der Waals surface area contributed by atoms with E-state index in [9.17, 15) is 17.6 Å². The number of hydrogen-bond donors (Lipinski definition) is 2. The zero-order valence-electron chi connectivity index (χ0n) is 21.6. The summed E-state index contributed by atoms with van der Waals surface area (Å²) in [5.74, 6) is -0.161. The zero-order valence-corrected chi connectivity index (χ0v) is 23.9. The topological polar surface area (TPSA) is 109 Å². The molecule has 13 heteroatoms. The molecule has 5 rings (SSSR count). The molecule has 0 radical (unpaired) electrons. The molecule has 1 aliphatic heterocycles. The quantitative estimate of drug-likeness (QED) is 0.270. The summed E-state index contributed by atoms with van der Waals surface area (Å²) in [6, 6.07) is 11.3. The summed E-state index contributed by atoms with van der Waals surface area (Å²) < 4.78 is 43.0. The lowest BCUT2D eigenvalue weighted by molar-refractivity contribution is 0.0713. The molecule has 3 heterocycles. The number of likely N-dealkylation sites (tertiary alicyclic amines) is 1. The van der Waals surface area contributed by atoms with Crippen molar-refractivity contribution >= 4 is 56.3 Å². The molecule has 9 nitrogen and oxygen atoms in total. The minimum Gasteiger partial charge on any atom is -0.338 e. The van der Waals surface area contributed by atoms with Gasteiger partial charge in [0.25, 0.3) is 5.91 Å². The van der Waals surface area contributed by atoms with E-state index >= 15 is 0 Å². The normalized spacial score (nSPS) is 14.6. The van der Waals surface area contributed by atoms with Crippen molar-refractivity contribution in [1.82, 2.24) is 24.2 Å². The van der Waals surface area contributed by atoms with Crippen LogP contribution in [-0.2, 0) is 10.0 Å². The first kappa shape index (κ1) is 28.3. The Morgan fingerprint density at radius 3 is 2.52 bits per heavy atom. The summed E-state index contributed by atoms with van der Waals surface area (Å²) >= 11 is 12.6. The summed E-state index contributed by atoms with van der Waals surface area (Å²) in [7, 11) is -3.89. The Hall–Kier alpha value is -3.25. The number of anilines is 2. The van der Waals surface area contributed by atoms with Crippen LogP contribution in [0, 0.1) is 5.82 Å². The second kappa shape index (κ2) is 11.7. The summed E-state index contributed by atoms with van der Waals surface area (Å²) in [6.07, 6.45) is 4.59. The minimum absolute atomic E-state index is 0.0517. The Balaban J connectivity index is 1.50. The number of piperidine rings is 1. The van der Waals surface area contributed by atoms with E-state index in [0.29, 0.717) is 48.1 Å². The number of hydrogen-bond acceptors (Lipinski definition) is 6. The van der Waals surface area contributed by atoms with Gasteiger partial charge in [-0.3, -0.25) is 4.79 Å². The van der Waals surface area contributed by atoms with Crippen LogP contribution in [-0.4, -0.2) is 53.5 Å².